The van der Waals surface area contributed by atoms with Crippen LogP contribution in [0.4, 0.5) is 0 Å². The summed E-state index contributed by atoms with van der Waals surface area (Å²) >= 11 is 0. The van der Waals surface area contributed by atoms with Crippen molar-refractivity contribution < 1.29 is 28.3 Å². The van der Waals surface area contributed by atoms with E-state index in [2.05, 4.69) is 43.5 Å². The molecule has 7 nitrogen and oxygen atoms in total. The van der Waals surface area contributed by atoms with Gasteiger partial charge < -0.3 is 19.3 Å². The third-order valence-corrected chi connectivity index (χ3v) is 9.16. The minimum atomic E-state index is -0.685. The molecule has 0 saturated heterocycles. The van der Waals surface area contributed by atoms with Crippen molar-refractivity contribution in [1.82, 2.24) is 5.32 Å². The molecule has 0 heterocycles. The summed E-state index contributed by atoms with van der Waals surface area (Å²) in [4.78, 5) is 37.5. The maximum absolute atomic E-state index is 12.6. The van der Waals surface area contributed by atoms with E-state index in [-0.39, 0.29) is 31.0 Å². The number of hydrogen-bond donors (Lipinski definition) is 1. The first-order valence-corrected chi connectivity index (χ1v) is 21.4. The van der Waals surface area contributed by atoms with Gasteiger partial charge in [-0.15, -0.1) is 0 Å². The number of ether oxygens (including phenoxy) is 2. The van der Waals surface area contributed by atoms with E-state index in [4.69, 9.17) is 9.47 Å². The normalized spacial score (nSPS) is 12.5. The lowest BCUT2D eigenvalue weighted by Crippen LogP contribution is -2.46. The van der Waals surface area contributed by atoms with Crippen LogP contribution in [0.25, 0.3) is 0 Å². The zero-order valence-corrected chi connectivity index (χ0v) is 34.3. The van der Waals surface area contributed by atoms with Crippen LogP contribution in [0.3, 0.4) is 0 Å². The molecule has 0 fully saturated rings. The Kier molecular flexibility index (Phi) is 34.7. The second-order valence-corrected chi connectivity index (χ2v) is 15.7. The van der Waals surface area contributed by atoms with Gasteiger partial charge in [-0.1, -0.05) is 141 Å². The van der Waals surface area contributed by atoms with Gasteiger partial charge in [0, 0.05) is 12.8 Å². The molecular weight excluding hydrogens is 636 g/mol. The number of nitrogens with zero attached hydrogens (tertiary/aromatic N) is 1. The fourth-order valence-corrected chi connectivity index (χ4v) is 6.03. The smallest absolute Gasteiger partial charge is 0.306 e. The van der Waals surface area contributed by atoms with Crippen LogP contribution >= 0.6 is 0 Å². The molecular formula is C44H83N2O5+. The molecule has 0 saturated carbocycles. The van der Waals surface area contributed by atoms with E-state index < -0.39 is 6.10 Å². The average molecular weight is 720 g/mol. The first-order chi connectivity index (χ1) is 24.7. The Hall–Kier alpha value is -2.15. The number of esters is 2. The molecule has 298 valence electrons. The first kappa shape index (κ1) is 48.9. The Morgan fingerprint density at radius 3 is 1.31 bits per heavy atom. The van der Waals surface area contributed by atoms with E-state index in [9.17, 15) is 14.4 Å². The summed E-state index contributed by atoms with van der Waals surface area (Å²) in [6, 6.07) is 0. The summed E-state index contributed by atoms with van der Waals surface area (Å²) in [7, 11) is 5.84. The Balaban J connectivity index is 4.18. The van der Waals surface area contributed by atoms with Gasteiger partial charge >= 0.3 is 11.9 Å². The first-order valence-electron chi connectivity index (χ1n) is 21.4. The molecule has 1 atom stereocenters. The van der Waals surface area contributed by atoms with Gasteiger partial charge in [-0.3, -0.25) is 14.4 Å². The Morgan fingerprint density at radius 1 is 0.529 bits per heavy atom. The van der Waals surface area contributed by atoms with Crippen LogP contribution in [0.15, 0.2) is 24.3 Å². The molecule has 0 aromatic carbocycles. The fourth-order valence-electron chi connectivity index (χ4n) is 6.03. The maximum Gasteiger partial charge on any atom is 0.306 e. The van der Waals surface area contributed by atoms with Gasteiger partial charge in [0.05, 0.1) is 27.7 Å². The van der Waals surface area contributed by atoms with Crippen molar-refractivity contribution >= 4 is 17.8 Å². The molecule has 0 aliphatic carbocycles. The van der Waals surface area contributed by atoms with Gasteiger partial charge in [0.1, 0.15) is 6.61 Å². The lowest BCUT2D eigenvalue weighted by Gasteiger charge is -2.24. The van der Waals surface area contributed by atoms with Crippen LogP contribution in [0.2, 0.25) is 0 Å². The minimum Gasteiger partial charge on any atom is -0.462 e. The van der Waals surface area contributed by atoms with E-state index in [0.29, 0.717) is 23.9 Å². The lowest BCUT2D eigenvalue weighted by atomic mass is 10.1. The Morgan fingerprint density at radius 2 is 0.902 bits per heavy atom. The van der Waals surface area contributed by atoms with E-state index in [1.54, 1.807) is 0 Å². The number of amides is 1. The molecule has 0 aliphatic rings. The van der Waals surface area contributed by atoms with Crippen LogP contribution in [-0.2, 0) is 23.9 Å². The van der Waals surface area contributed by atoms with Crippen LogP contribution in [0.1, 0.15) is 194 Å². The summed E-state index contributed by atoms with van der Waals surface area (Å²) in [6.45, 7) is 4.93. The van der Waals surface area contributed by atoms with Crippen LogP contribution < -0.4 is 5.32 Å². The fraction of sp³-hybridized carbons (Fsp3) is 0.841. The third-order valence-electron chi connectivity index (χ3n) is 9.16. The van der Waals surface area contributed by atoms with Gasteiger partial charge in [-0.25, -0.2) is 0 Å². The van der Waals surface area contributed by atoms with Gasteiger partial charge in [0.2, 0.25) is 0 Å². The van der Waals surface area contributed by atoms with Crippen molar-refractivity contribution in [3.05, 3.63) is 24.3 Å². The van der Waals surface area contributed by atoms with E-state index in [1.165, 1.54) is 116 Å². The SMILES string of the molecule is CCCCCCCC/C=C\CCCCCCCC(=O)OCC(CNC(=O)C[N+](C)(C)C)OC(=O)CCCCCCC/C=C\CCCCCCCC. The number of rotatable bonds is 37. The number of carbonyl (C=O) groups excluding carboxylic acids is 3. The molecule has 0 aromatic rings. The monoisotopic (exact) mass is 720 g/mol. The zero-order valence-electron chi connectivity index (χ0n) is 34.3. The molecule has 0 bridgehead atoms. The van der Waals surface area contributed by atoms with Crippen LogP contribution in [-0.4, -0.2) is 69.3 Å². The Bertz CT molecular complexity index is 879. The zero-order chi connectivity index (χ0) is 37.7. The summed E-state index contributed by atoms with van der Waals surface area (Å²) in [6.07, 6.45) is 40.7. The highest BCUT2D eigenvalue weighted by atomic mass is 16.6. The van der Waals surface area contributed by atoms with Crippen LogP contribution in [0, 0.1) is 0 Å². The molecule has 51 heavy (non-hydrogen) atoms. The number of likely N-dealkylation sites (N-methyl/N-ethyl adjacent to an activating group) is 1. The molecule has 0 aromatic heterocycles. The summed E-state index contributed by atoms with van der Waals surface area (Å²) in [5.41, 5.74) is 0. The van der Waals surface area contributed by atoms with Gasteiger partial charge in [0.25, 0.3) is 5.91 Å². The number of allylic oxidation sites excluding steroid dienone is 4. The predicted octanol–water partition coefficient (Wildman–Crippen LogP) is 11.3. The Labute approximate surface area is 315 Å². The number of hydrogen-bond acceptors (Lipinski definition) is 5. The third kappa shape index (κ3) is 38.9. The molecule has 1 N–H and O–H groups in total. The lowest BCUT2D eigenvalue weighted by molar-refractivity contribution is -0.862. The average Bonchev–Trinajstić information content (AvgIpc) is 3.08. The van der Waals surface area contributed by atoms with Crippen molar-refractivity contribution in [3.63, 3.8) is 0 Å². The van der Waals surface area contributed by atoms with Crippen molar-refractivity contribution in [2.45, 2.75) is 200 Å². The molecule has 0 rings (SSSR count). The number of unbranched alkanes of at least 4 members (excludes halogenated alkanes) is 22. The van der Waals surface area contributed by atoms with Crippen molar-refractivity contribution in [3.8, 4) is 0 Å². The maximum atomic E-state index is 12.6. The predicted molar refractivity (Wildman–Crippen MR) is 216 cm³/mol. The van der Waals surface area contributed by atoms with E-state index >= 15 is 0 Å². The van der Waals surface area contributed by atoms with E-state index in [1.807, 2.05) is 21.1 Å². The van der Waals surface area contributed by atoms with Crippen molar-refractivity contribution in [2.75, 3.05) is 40.8 Å². The highest BCUT2D eigenvalue weighted by Crippen LogP contribution is 2.13. The van der Waals surface area contributed by atoms with Gasteiger partial charge in [-0.2, -0.15) is 0 Å². The van der Waals surface area contributed by atoms with Crippen molar-refractivity contribution in [2.24, 2.45) is 0 Å². The van der Waals surface area contributed by atoms with Crippen LogP contribution in [0.5, 0.6) is 0 Å². The highest BCUT2D eigenvalue weighted by molar-refractivity contribution is 5.77. The molecule has 1 amide bonds. The standard InChI is InChI=1S/C44H82N2O5/c1-6-8-10-12-14-16-18-20-22-24-26-28-30-32-34-36-43(48)50-40-41(38-45-42(47)39-46(3,4)5)51-44(49)37-35-33-31-29-27-25-23-21-19-17-15-13-11-9-7-2/h20-23,41H,6-19,24-40H2,1-5H3/p+1/b22-20-,23-21-. The van der Waals surface area contributed by atoms with Gasteiger partial charge in [-0.05, 0) is 64.2 Å². The second kappa shape index (κ2) is 36.2. The van der Waals surface area contributed by atoms with Crippen molar-refractivity contribution in [1.29, 1.82) is 0 Å². The number of nitrogens with one attached hydrogen (secondary N) is 1. The molecule has 1 unspecified atom stereocenters. The molecule has 0 aliphatic heterocycles. The highest BCUT2D eigenvalue weighted by Gasteiger charge is 2.20. The molecule has 0 radical (unpaired) electrons. The quantitative estimate of drug-likeness (QED) is 0.0299. The van der Waals surface area contributed by atoms with E-state index in [0.717, 1.165) is 51.4 Å². The summed E-state index contributed by atoms with van der Waals surface area (Å²) in [5.74, 6) is -0.698. The number of carbonyl (C=O) groups is 3. The number of quaternary nitrogens is 1. The van der Waals surface area contributed by atoms with Gasteiger partial charge in [0.15, 0.2) is 12.6 Å². The molecule has 7 heteroatoms. The molecule has 0 spiro atoms. The minimum absolute atomic E-state index is 0.0350. The second-order valence-electron chi connectivity index (χ2n) is 15.7. The summed E-state index contributed by atoms with van der Waals surface area (Å²) < 4.78 is 11.7. The topological polar surface area (TPSA) is 81.7 Å². The summed E-state index contributed by atoms with van der Waals surface area (Å²) in [5, 5.41) is 2.86. The largest absolute Gasteiger partial charge is 0.462 e.